The number of carboxylic acids is 4. The molecule has 0 aromatic heterocycles. The molecular formula is C16H31NO14Zr. The molecule has 0 rings (SSSR count). The number of rotatable bonds is 8. The molecule has 0 radical (unpaired) electrons. The molecular weight excluding hydrogens is 521 g/mol. The summed E-state index contributed by atoms with van der Waals surface area (Å²) < 4.78 is 0. The van der Waals surface area contributed by atoms with Crippen LogP contribution in [-0.2, 0) is 45.4 Å². The summed E-state index contributed by atoms with van der Waals surface area (Å²) in [4.78, 5) is 37.4. The molecule has 0 heterocycles. The number of carbonyl (C=O) groups is 4. The van der Waals surface area contributed by atoms with Gasteiger partial charge in [-0.2, -0.15) is 0 Å². The Labute approximate surface area is 204 Å². The van der Waals surface area contributed by atoms with E-state index in [-0.39, 0.29) is 39.4 Å². The van der Waals surface area contributed by atoms with E-state index in [2.05, 4.69) is 5.32 Å². The van der Waals surface area contributed by atoms with Crippen molar-refractivity contribution < 1.29 is 96.4 Å². The van der Waals surface area contributed by atoms with Gasteiger partial charge in [0.1, 0.15) is 0 Å². The molecule has 0 aromatic carbocycles. The molecule has 0 aromatic rings. The molecule has 0 fully saturated rings. The van der Waals surface area contributed by atoms with Crippen LogP contribution >= 0.6 is 0 Å². The van der Waals surface area contributed by atoms with Crippen LogP contribution in [0.4, 0.5) is 0 Å². The average Bonchev–Trinajstić information content (AvgIpc) is 2.63. The first-order valence-corrected chi connectivity index (χ1v) is 8.47. The summed E-state index contributed by atoms with van der Waals surface area (Å²) in [6, 6.07) is 0. The molecule has 15 nitrogen and oxygen atoms in total. The SMILES string of the molecule is CC(O)C(=O)[O-].CC(O)C(=O)[O-].CC(O)C(=O)[O-].CC(O)C(=O)[O-].OCCNCCO.[Zr+4]. The molecule has 7 N–H and O–H groups in total. The van der Waals surface area contributed by atoms with Gasteiger partial charge in [0.25, 0.3) is 0 Å². The molecule has 0 saturated carbocycles. The quantitative estimate of drug-likeness (QED) is 0.137. The Bertz CT molecular complexity index is 382. The second kappa shape index (κ2) is 31.7. The van der Waals surface area contributed by atoms with Crippen LogP contribution in [0, 0.1) is 0 Å². The van der Waals surface area contributed by atoms with E-state index < -0.39 is 48.3 Å². The zero-order valence-electron chi connectivity index (χ0n) is 18.1. The largest absolute Gasteiger partial charge is 4.00 e. The number of aliphatic hydroxyl groups is 6. The maximum atomic E-state index is 9.34. The summed E-state index contributed by atoms with van der Waals surface area (Å²) >= 11 is 0. The van der Waals surface area contributed by atoms with Gasteiger partial charge >= 0.3 is 26.2 Å². The van der Waals surface area contributed by atoms with Gasteiger partial charge < -0.3 is 75.6 Å². The minimum Gasteiger partial charge on any atom is -0.547 e. The Morgan fingerprint density at radius 2 is 0.719 bits per heavy atom. The summed E-state index contributed by atoms with van der Waals surface area (Å²) in [7, 11) is 0. The number of aliphatic carboxylic acids is 4. The molecule has 0 saturated heterocycles. The fourth-order valence-electron chi connectivity index (χ4n) is 0.283. The van der Waals surface area contributed by atoms with E-state index in [0.29, 0.717) is 13.1 Å². The smallest absolute Gasteiger partial charge is 0.547 e. The van der Waals surface area contributed by atoms with E-state index in [1.165, 1.54) is 0 Å². The van der Waals surface area contributed by atoms with Gasteiger partial charge in [0.15, 0.2) is 0 Å². The summed E-state index contributed by atoms with van der Waals surface area (Å²) in [5.41, 5.74) is 0. The second-order valence-electron chi connectivity index (χ2n) is 5.18. The van der Waals surface area contributed by atoms with Crippen molar-refractivity contribution in [2.45, 2.75) is 52.1 Å². The number of nitrogens with one attached hydrogen (secondary N) is 1. The number of carbonyl (C=O) groups excluding carboxylic acids is 4. The maximum Gasteiger partial charge on any atom is 4.00 e. The minimum atomic E-state index is -1.44. The first kappa shape index (κ1) is 44.2. The van der Waals surface area contributed by atoms with Crippen LogP contribution in [0.3, 0.4) is 0 Å². The number of carboxylic acid groups (broad SMARTS) is 4. The Morgan fingerprint density at radius 1 is 0.594 bits per heavy atom. The van der Waals surface area contributed by atoms with Crippen molar-refractivity contribution >= 4 is 23.9 Å². The molecule has 0 aliphatic heterocycles. The predicted molar refractivity (Wildman–Crippen MR) is 93.8 cm³/mol. The Morgan fingerprint density at radius 3 is 0.781 bits per heavy atom. The van der Waals surface area contributed by atoms with Gasteiger partial charge in [-0.15, -0.1) is 0 Å². The first-order chi connectivity index (χ1) is 14.0. The van der Waals surface area contributed by atoms with Crippen molar-refractivity contribution in [2.24, 2.45) is 0 Å². The topological polar surface area (TPSA) is 294 Å². The van der Waals surface area contributed by atoms with Gasteiger partial charge in [-0.1, -0.05) is 0 Å². The fraction of sp³-hybridized carbons (Fsp3) is 0.750. The van der Waals surface area contributed by atoms with Crippen molar-refractivity contribution in [3.05, 3.63) is 0 Å². The third-order valence-electron chi connectivity index (χ3n) is 1.94. The van der Waals surface area contributed by atoms with Crippen molar-refractivity contribution in [2.75, 3.05) is 26.3 Å². The van der Waals surface area contributed by atoms with Gasteiger partial charge in [0.05, 0.1) is 61.5 Å². The minimum absolute atomic E-state index is 0. The van der Waals surface area contributed by atoms with Crippen LogP contribution in [0.2, 0.25) is 0 Å². The van der Waals surface area contributed by atoms with Crippen molar-refractivity contribution in [3.63, 3.8) is 0 Å². The molecule has 0 aliphatic rings. The zero-order chi connectivity index (χ0) is 26.2. The fourth-order valence-corrected chi connectivity index (χ4v) is 0.283. The summed E-state index contributed by atoms with van der Waals surface area (Å²) in [6.07, 6.45) is -5.37. The average molecular weight is 553 g/mol. The van der Waals surface area contributed by atoms with E-state index in [1.54, 1.807) is 0 Å². The third-order valence-corrected chi connectivity index (χ3v) is 1.94. The number of aliphatic hydroxyl groups excluding tert-OH is 6. The number of hydrogen-bond acceptors (Lipinski definition) is 15. The maximum absolute atomic E-state index is 9.34. The van der Waals surface area contributed by atoms with Crippen LogP contribution < -0.4 is 25.7 Å². The zero-order valence-corrected chi connectivity index (χ0v) is 20.5. The monoisotopic (exact) mass is 551 g/mol. The Kier molecular flexibility index (Phi) is 43.7. The van der Waals surface area contributed by atoms with E-state index in [9.17, 15) is 39.6 Å². The molecule has 4 atom stereocenters. The Hall–Kier alpha value is -1.52. The van der Waals surface area contributed by atoms with Gasteiger partial charge in [-0.05, 0) is 27.7 Å². The number of hydrogen-bond donors (Lipinski definition) is 7. The molecule has 16 heteroatoms. The summed E-state index contributed by atoms with van der Waals surface area (Å²) in [5.74, 6) is -5.74. The normalized spacial score (nSPS) is 12.3. The first-order valence-electron chi connectivity index (χ1n) is 8.47. The van der Waals surface area contributed by atoms with Crippen LogP contribution in [0.1, 0.15) is 27.7 Å². The molecule has 4 unspecified atom stereocenters. The van der Waals surface area contributed by atoms with E-state index in [1.807, 2.05) is 0 Å². The van der Waals surface area contributed by atoms with Gasteiger partial charge in [-0.3, -0.25) is 0 Å². The summed E-state index contributed by atoms with van der Waals surface area (Å²) in [5, 5.41) is 88.3. The van der Waals surface area contributed by atoms with Gasteiger partial charge in [0, 0.05) is 13.1 Å². The second-order valence-corrected chi connectivity index (χ2v) is 5.18. The van der Waals surface area contributed by atoms with E-state index in [4.69, 9.17) is 30.6 Å². The van der Waals surface area contributed by atoms with E-state index in [0.717, 1.165) is 27.7 Å². The van der Waals surface area contributed by atoms with Gasteiger partial charge in [0.2, 0.25) is 0 Å². The third kappa shape index (κ3) is 63.0. The van der Waals surface area contributed by atoms with Gasteiger partial charge in [-0.25, -0.2) is 0 Å². The standard InChI is InChI=1S/C4H11NO2.4C3H6O3.Zr/c6-3-1-5-2-4-7;4*1-2(4)3(5)6;/h5-7H,1-4H2;4*2,4H,1H3,(H,5,6);/q;;;;;+4/p-4. The van der Waals surface area contributed by atoms with Crippen molar-refractivity contribution in [3.8, 4) is 0 Å². The Balaban J connectivity index is -0.0000000656. The molecule has 0 aliphatic carbocycles. The van der Waals surface area contributed by atoms with Crippen LogP contribution in [-0.4, -0.2) is 105 Å². The predicted octanol–water partition coefficient (Wildman–Crippen LogP) is -8.97. The summed E-state index contributed by atoms with van der Waals surface area (Å²) in [6.45, 7) is 5.95. The van der Waals surface area contributed by atoms with Crippen molar-refractivity contribution in [1.29, 1.82) is 0 Å². The van der Waals surface area contributed by atoms with E-state index >= 15 is 0 Å². The molecule has 0 amide bonds. The van der Waals surface area contributed by atoms with Crippen LogP contribution in [0.5, 0.6) is 0 Å². The molecule has 188 valence electrons. The van der Waals surface area contributed by atoms with Crippen molar-refractivity contribution in [1.82, 2.24) is 5.32 Å². The molecule has 32 heavy (non-hydrogen) atoms. The molecule has 0 bridgehead atoms. The van der Waals surface area contributed by atoms with Crippen LogP contribution in [0.15, 0.2) is 0 Å². The molecule has 0 spiro atoms. The van der Waals surface area contributed by atoms with Crippen LogP contribution in [0.25, 0.3) is 0 Å².